The molecule has 1 rings (SSSR count). The van der Waals surface area contributed by atoms with Gasteiger partial charge in [0.2, 0.25) is 0 Å². The molecule has 0 aromatic heterocycles. The molecule has 0 bridgehead atoms. The first-order valence-corrected chi connectivity index (χ1v) is 4.14. The fourth-order valence-electron chi connectivity index (χ4n) is 1.56. The van der Waals surface area contributed by atoms with E-state index in [0.29, 0.717) is 12.8 Å². The summed E-state index contributed by atoms with van der Waals surface area (Å²) >= 11 is 0. The Bertz CT molecular complexity index is 202. The van der Waals surface area contributed by atoms with E-state index in [9.17, 15) is 9.59 Å². The maximum Gasteiger partial charge on any atom is 0.321 e. The van der Waals surface area contributed by atoms with E-state index in [-0.39, 0.29) is 5.78 Å². The summed E-state index contributed by atoms with van der Waals surface area (Å²) in [5.41, 5.74) is 5.36. The van der Waals surface area contributed by atoms with Crippen LogP contribution in [-0.2, 0) is 9.59 Å². The highest BCUT2D eigenvalue weighted by atomic mass is 16.4. The van der Waals surface area contributed by atoms with Crippen LogP contribution in [0, 0.1) is 5.92 Å². The Kier molecular flexibility index (Phi) is 2.81. The van der Waals surface area contributed by atoms with Crippen LogP contribution >= 0.6 is 0 Å². The fourth-order valence-corrected chi connectivity index (χ4v) is 1.56. The lowest BCUT2D eigenvalue weighted by molar-refractivity contribution is -0.143. The van der Waals surface area contributed by atoms with Gasteiger partial charge in [-0.15, -0.1) is 0 Å². The molecular formula is C8H13NO3. The van der Waals surface area contributed by atoms with Crippen LogP contribution in [0.4, 0.5) is 0 Å². The van der Waals surface area contributed by atoms with E-state index in [0.717, 1.165) is 12.8 Å². The lowest BCUT2D eigenvalue weighted by Gasteiger charge is -2.23. The molecule has 0 aromatic rings. The van der Waals surface area contributed by atoms with E-state index in [4.69, 9.17) is 10.8 Å². The van der Waals surface area contributed by atoms with Gasteiger partial charge in [-0.05, 0) is 12.8 Å². The van der Waals surface area contributed by atoms with E-state index >= 15 is 0 Å². The van der Waals surface area contributed by atoms with Crippen molar-refractivity contribution in [1.82, 2.24) is 0 Å². The molecule has 2 atom stereocenters. The van der Waals surface area contributed by atoms with Gasteiger partial charge in [-0.2, -0.15) is 0 Å². The highest BCUT2D eigenvalue weighted by Gasteiger charge is 2.31. The normalized spacial score (nSPS) is 26.8. The third-order valence-electron chi connectivity index (χ3n) is 2.32. The zero-order valence-electron chi connectivity index (χ0n) is 6.82. The van der Waals surface area contributed by atoms with Crippen LogP contribution in [0.5, 0.6) is 0 Å². The topological polar surface area (TPSA) is 80.4 Å². The molecule has 0 amide bonds. The molecule has 0 spiro atoms. The van der Waals surface area contributed by atoms with Gasteiger partial charge in [-0.25, -0.2) is 0 Å². The molecule has 1 saturated carbocycles. The Labute approximate surface area is 70.7 Å². The number of carboxylic acid groups (broad SMARTS) is 1. The Morgan fingerprint density at radius 3 is 2.75 bits per heavy atom. The van der Waals surface area contributed by atoms with Crippen molar-refractivity contribution >= 4 is 11.8 Å². The second-order valence-electron chi connectivity index (χ2n) is 3.18. The predicted molar refractivity (Wildman–Crippen MR) is 42.6 cm³/mol. The zero-order valence-corrected chi connectivity index (χ0v) is 6.82. The molecule has 4 nitrogen and oxygen atoms in total. The minimum absolute atomic E-state index is 0.0103. The average Bonchev–Trinajstić information content (AvgIpc) is 2.04. The minimum atomic E-state index is -1.07. The maximum atomic E-state index is 11.2. The SMILES string of the molecule is NC(C(=O)O)C1CCCCC1=O. The first-order valence-electron chi connectivity index (χ1n) is 4.14. The summed E-state index contributed by atoms with van der Waals surface area (Å²) in [5.74, 6) is -1.51. The second kappa shape index (κ2) is 3.67. The number of hydrogen-bond acceptors (Lipinski definition) is 3. The number of carbonyl (C=O) groups excluding carboxylic acids is 1. The molecule has 0 aliphatic heterocycles. The average molecular weight is 171 g/mol. The van der Waals surface area contributed by atoms with E-state index in [2.05, 4.69) is 0 Å². The van der Waals surface area contributed by atoms with Crippen LogP contribution in [-0.4, -0.2) is 22.9 Å². The molecule has 68 valence electrons. The van der Waals surface area contributed by atoms with Gasteiger partial charge in [0.1, 0.15) is 11.8 Å². The van der Waals surface area contributed by atoms with Crippen molar-refractivity contribution in [2.75, 3.05) is 0 Å². The van der Waals surface area contributed by atoms with E-state index in [1.807, 2.05) is 0 Å². The first kappa shape index (κ1) is 9.19. The number of rotatable bonds is 2. The van der Waals surface area contributed by atoms with Crippen molar-refractivity contribution in [2.24, 2.45) is 11.7 Å². The van der Waals surface area contributed by atoms with Gasteiger partial charge in [0.25, 0.3) is 0 Å². The molecule has 2 unspecified atom stereocenters. The standard InChI is InChI=1S/C8H13NO3/c9-7(8(11)12)5-3-1-2-4-6(5)10/h5,7H,1-4,9H2,(H,11,12). The van der Waals surface area contributed by atoms with Crippen LogP contribution < -0.4 is 5.73 Å². The Morgan fingerprint density at radius 2 is 2.25 bits per heavy atom. The molecule has 1 aliphatic carbocycles. The van der Waals surface area contributed by atoms with E-state index in [1.54, 1.807) is 0 Å². The van der Waals surface area contributed by atoms with Crippen molar-refractivity contribution < 1.29 is 14.7 Å². The van der Waals surface area contributed by atoms with E-state index < -0.39 is 17.9 Å². The molecule has 3 N–H and O–H groups in total. The Balaban J connectivity index is 2.59. The van der Waals surface area contributed by atoms with Gasteiger partial charge in [0.15, 0.2) is 0 Å². The third-order valence-corrected chi connectivity index (χ3v) is 2.32. The second-order valence-corrected chi connectivity index (χ2v) is 3.18. The lowest BCUT2D eigenvalue weighted by atomic mass is 9.83. The third kappa shape index (κ3) is 1.82. The largest absolute Gasteiger partial charge is 0.480 e. The predicted octanol–water partition coefficient (Wildman–Crippen LogP) is 0.158. The van der Waals surface area contributed by atoms with Crippen molar-refractivity contribution in [3.8, 4) is 0 Å². The van der Waals surface area contributed by atoms with Crippen molar-refractivity contribution in [2.45, 2.75) is 31.7 Å². The van der Waals surface area contributed by atoms with Crippen molar-refractivity contribution in [3.05, 3.63) is 0 Å². The summed E-state index contributed by atoms with van der Waals surface area (Å²) in [7, 11) is 0. The summed E-state index contributed by atoms with van der Waals surface area (Å²) in [6.07, 6.45) is 2.91. The summed E-state index contributed by atoms with van der Waals surface area (Å²) in [6, 6.07) is -1.00. The quantitative estimate of drug-likeness (QED) is 0.620. The molecular weight excluding hydrogens is 158 g/mol. The highest BCUT2D eigenvalue weighted by Crippen LogP contribution is 2.22. The number of aliphatic carboxylic acids is 1. The Hall–Kier alpha value is -0.900. The van der Waals surface area contributed by atoms with Gasteiger partial charge in [-0.3, -0.25) is 9.59 Å². The summed E-state index contributed by atoms with van der Waals surface area (Å²) < 4.78 is 0. The van der Waals surface area contributed by atoms with Gasteiger partial charge in [0.05, 0.1) is 0 Å². The van der Waals surface area contributed by atoms with Gasteiger partial charge >= 0.3 is 5.97 Å². The number of Topliss-reactive ketones (excluding diaryl/α,β-unsaturated/α-hetero) is 1. The minimum Gasteiger partial charge on any atom is -0.480 e. The number of carbonyl (C=O) groups is 2. The summed E-state index contributed by atoms with van der Waals surface area (Å²) in [6.45, 7) is 0. The Morgan fingerprint density at radius 1 is 1.58 bits per heavy atom. The van der Waals surface area contributed by atoms with Crippen LogP contribution in [0.15, 0.2) is 0 Å². The molecule has 1 aliphatic rings. The monoisotopic (exact) mass is 171 g/mol. The fraction of sp³-hybridized carbons (Fsp3) is 0.750. The van der Waals surface area contributed by atoms with Crippen LogP contribution in [0.2, 0.25) is 0 Å². The smallest absolute Gasteiger partial charge is 0.321 e. The van der Waals surface area contributed by atoms with Crippen LogP contribution in [0.3, 0.4) is 0 Å². The van der Waals surface area contributed by atoms with Crippen LogP contribution in [0.25, 0.3) is 0 Å². The first-order chi connectivity index (χ1) is 5.63. The zero-order chi connectivity index (χ0) is 9.14. The highest BCUT2D eigenvalue weighted by molar-refractivity contribution is 5.88. The lowest BCUT2D eigenvalue weighted by Crippen LogP contribution is -2.43. The molecule has 1 fully saturated rings. The molecule has 4 heteroatoms. The number of hydrogen-bond donors (Lipinski definition) is 2. The number of ketones is 1. The number of carboxylic acids is 1. The van der Waals surface area contributed by atoms with E-state index in [1.165, 1.54) is 0 Å². The molecule has 0 aromatic carbocycles. The van der Waals surface area contributed by atoms with Gasteiger partial charge in [0, 0.05) is 12.3 Å². The molecule has 12 heavy (non-hydrogen) atoms. The maximum absolute atomic E-state index is 11.2. The molecule has 0 heterocycles. The van der Waals surface area contributed by atoms with Crippen LogP contribution in [0.1, 0.15) is 25.7 Å². The van der Waals surface area contributed by atoms with Crippen molar-refractivity contribution in [3.63, 3.8) is 0 Å². The molecule has 0 saturated heterocycles. The van der Waals surface area contributed by atoms with Gasteiger partial charge < -0.3 is 10.8 Å². The number of nitrogens with two attached hydrogens (primary N) is 1. The van der Waals surface area contributed by atoms with Crippen molar-refractivity contribution in [1.29, 1.82) is 0 Å². The summed E-state index contributed by atoms with van der Waals surface area (Å²) in [4.78, 5) is 21.7. The van der Waals surface area contributed by atoms with Gasteiger partial charge in [-0.1, -0.05) is 6.42 Å². The molecule has 0 radical (unpaired) electrons. The summed E-state index contributed by atoms with van der Waals surface area (Å²) in [5, 5.41) is 8.57.